The maximum atomic E-state index is 12.7. The summed E-state index contributed by atoms with van der Waals surface area (Å²) in [5.74, 6) is 2.22. The van der Waals surface area contributed by atoms with Crippen molar-refractivity contribution in [3.05, 3.63) is 65.5 Å². The van der Waals surface area contributed by atoms with Crippen molar-refractivity contribution in [3.8, 4) is 17.1 Å². The lowest BCUT2D eigenvalue weighted by atomic mass is 9.96. The number of likely N-dealkylation sites (tertiary alicyclic amines) is 1. The molecule has 144 valence electrons. The van der Waals surface area contributed by atoms with Crippen molar-refractivity contribution in [2.45, 2.75) is 25.7 Å². The first-order valence-corrected chi connectivity index (χ1v) is 9.48. The van der Waals surface area contributed by atoms with Gasteiger partial charge in [-0.1, -0.05) is 35.0 Å². The van der Waals surface area contributed by atoms with Crippen molar-refractivity contribution in [1.82, 2.24) is 15.0 Å². The summed E-state index contributed by atoms with van der Waals surface area (Å²) in [5.41, 5.74) is 2.75. The van der Waals surface area contributed by atoms with Crippen molar-refractivity contribution in [2.75, 3.05) is 20.2 Å². The molecular formula is C22H23N3O3. The van der Waals surface area contributed by atoms with Crippen LogP contribution < -0.4 is 4.74 Å². The summed E-state index contributed by atoms with van der Waals surface area (Å²) < 4.78 is 10.8. The Kier molecular flexibility index (Phi) is 5.10. The summed E-state index contributed by atoms with van der Waals surface area (Å²) in [5, 5.41) is 4.12. The van der Waals surface area contributed by atoms with E-state index in [1.807, 2.05) is 60.4 Å². The highest BCUT2D eigenvalue weighted by molar-refractivity contribution is 5.94. The van der Waals surface area contributed by atoms with E-state index in [1.165, 1.54) is 0 Å². The predicted octanol–water partition coefficient (Wildman–Crippen LogP) is 4.07. The van der Waals surface area contributed by atoms with E-state index in [4.69, 9.17) is 9.26 Å². The Morgan fingerprint density at radius 2 is 1.89 bits per heavy atom. The molecule has 6 heteroatoms. The standard InChI is InChI=1S/C22H23N3O3/c1-15-6-8-17(9-7-15)22(26)25-12-10-16(11-13-25)21-23-20(24-28-21)18-4-3-5-19(14-18)27-2/h3-9,14,16H,10-13H2,1-2H3. The molecular weight excluding hydrogens is 354 g/mol. The number of hydrogen-bond acceptors (Lipinski definition) is 5. The maximum absolute atomic E-state index is 12.7. The van der Waals surface area contributed by atoms with E-state index in [0.29, 0.717) is 24.8 Å². The number of hydrogen-bond donors (Lipinski definition) is 0. The quantitative estimate of drug-likeness (QED) is 0.685. The predicted molar refractivity (Wildman–Crippen MR) is 105 cm³/mol. The molecule has 1 saturated heterocycles. The minimum atomic E-state index is 0.0843. The van der Waals surface area contributed by atoms with E-state index < -0.39 is 0 Å². The Morgan fingerprint density at radius 1 is 1.14 bits per heavy atom. The van der Waals surface area contributed by atoms with E-state index >= 15 is 0 Å². The number of rotatable bonds is 4. The SMILES string of the molecule is COc1cccc(-c2noc(C3CCN(C(=O)c4ccc(C)cc4)CC3)n2)c1. The molecule has 0 unspecified atom stereocenters. The van der Waals surface area contributed by atoms with Crippen LogP contribution in [0.15, 0.2) is 53.1 Å². The van der Waals surface area contributed by atoms with Crippen LogP contribution in [-0.4, -0.2) is 41.1 Å². The monoisotopic (exact) mass is 377 g/mol. The third kappa shape index (κ3) is 3.76. The first-order chi connectivity index (χ1) is 13.6. The van der Waals surface area contributed by atoms with Crippen LogP contribution in [0.3, 0.4) is 0 Å². The van der Waals surface area contributed by atoms with Crippen LogP contribution in [0.1, 0.15) is 40.6 Å². The Balaban J connectivity index is 1.41. The van der Waals surface area contributed by atoms with Gasteiger partial charge in [-0.3, -0.25) is 4.79 Å². The fraction of sp³-hybridized carbons (Fsp3) is 0.318. The molecule has 1 aromatic heterocycles. The third-order valence-corrected chi connectivity index (χ3v) is 5.20. The summed E-state index contributed by atoms with van der Waals surface area (Å²) in [6.45, 7) is 3.40. The summed E-state index contributed by atoms with van der Waals surface area (Å²) in [7, 11) is 1.63. The number of benzene rings is 2. The molecule has 1 amide bonds. The van der Waals surface area contributed by atoms with Gasteiger partial charge in [0.1, 0.15) is 5.75 Å². The second kappa shape index (κ2) is 7.84. The minimum absolute atomic E-state index is 0.0843. The first-order valence-electron chi connectivity index (χ1n) is 9.48. The molecule has 0 aliphatic carbocycles. The lowest BCUT2D eigenvalue weighted by Crippen LogP contribution is -2.38. The number of ether oxygens (including phenoxy) is 1. The summed E-state index contributed by atoms with van der Waals surface area (Å²) >= 11 is 0. The fourth-order valence-electron chi connectivity index (χ4n) is 3.49. The highest BCUT2D eigenvalue weighted by Crippen LogP contribution is 2.30. The third-order valence-electron chi connectivity index (χ3n) is 5.20. The number of amides is 1. The number of methoxy groups -OCH3 is 1. The topological polar surface area (TPSA) is 68.5 Å². The average Bonchev–Trinajstić information content (AvgIpc) is 3.24. The van der Waals surface area contributed by atoms with Gasteiger partial charge in [-0.25, -0.2) is 0 Å². The highest BCUT2D eigenvalue weighted by Gasteiger charge is 2.28. The molecule has 28 heavy (non-hydrogen) atoms. The van der Waals surface area contributed by atoms with Crippen molar-refractivity contribution in [3.63, 3.8) is 0 Å². The fourth-order valence-corrected chi connectivity index (χ4v) is 3.49. The Labute approximate surface area is 164 Å². The van der Waals surface area contributed by atoms with E-state index in [2.05, 4.69) is 10.1 Å². The maximum Gasteiger partial charge on any atom is 0.253 e. The minimum Gasteiger partial charge on any atom is -0.497 e. The van der Waals surface area contributed by atoms with Crippen LogP contribution in [0, 0.1) is 6.92 Å². The van der Waals surface area contributed by atoms with Gasteiger partial charge in [0.15, 0.2) is 0 Å². The van der Waals surface area contributed by atoms with Crippen LogP contribution in [-0.2, 0) is 0 Å². The molecule has 0 saturated carbocycles. The zero-order valence-corrected chi connectivity index (χ0v) is 16.1. The molecule has 0 N–H and O–H groups in total. The molecule has 3 aromatic rings. The van der Waals surface area contributed by atoms with Crippen molar-refractivity contribution >= 4 is 5.91 Å². The van der Waals surface area contributed by atoms with Gasteiger partial charge in [0.05, 0.1) is 7.11 Å². The summed E-state index contributed by atoms with van der Waals surface area (Å²) in [4.78, 5) is 19.2. The van der Waals surface area contributed by atoms with Crippen molar-refractivity contribution in [2.24, 2.45) is 0 Å². The molecule has 0 bridgehead atoms. The van der Waals surface area contributed by atoms with Gasteiger partial charge in [0, 0.05) is 30.1 Å². The van der Waals surface area contributed by atoms with Crippen molar-refractivity contribution < 1.29 is 14.1 Å². The normalized spacial score (nSPS) is 14.9. The smallest absolute Gasteiger partial charge is 0.253 e. The van der Waals surface area contributed by atoms with Crippen LogP contribution >= 0.6 is 0 Å². The molecule has 2 heterocycles. The molecule has 4 rings (SSSR count). The number of carbonyl (C=O) groups excluding carboxylic acids is 1. The summed E-state index contributed by atoms with van der Waals surface area (Å²) in [6, 6.07) is 15.3. The van der Waals surface area contributed by atoms with Crippen LogP contribution in [0.2, 0.25) is 0 Å². The second-order valence-electron chi connectivity index (χ2n) is 7.12. The van der Waals surface area contributed by atoms with E-state index in [-0.39, 0.29) is 11.8 Å². The second-order valence-corrected chi connectivity index (χ2v) is 7.12. The molecule has 0 radical (unpaired) electrons. The molecule has 0 atom stereocenters. The highest BCUT2D eigenvalue weighted by atomic mass is 16.5. The van der Waals surface area contributed by atoms with Gasteiger partial charge >= 0.3 is 0 Å². The Morgan fingerprint density at radius 3 is 2.61 bits per heavy atom. The van der Waals surface area contributed by atoms with Crippen molar-refractivity contribution in [1.29, 1.82) is 0 Å². The van der Waals surface area contributed by atoms with Gasteiger partial charge in [-0.15, -0.1) is 0 Å². The Hall–Kier alpha value is -3.15. The molecule has 1 aliphatic heterocycles. The molecule has 1 aliphatic rings. The summed E-state index contributed by atoms with van der Waals surface area (Å²) in [6.07, 6.45) is 1.63. The zero-order valence-electron chi connectivity index (χ0n) is 16.1. The number of aromatic nitrogens is 2. The molecule has 0 spiro atoms. The van der Waals surface area contributed by atoms with Crippen LogP contribution in [0.25, 0.3) is 11.4 Å². The number of carbonyl (C=O) groups is 1. The van der Waals surface area contributed by atoms with Gasteiger partial charge in [0.25, 0.3) is 5.91 Å². The van der Waals surface area contributed by atoms with Gasteiger partial charge in [-0.2, -0.15) is 4.98 Å². The Bertz CT molecular complexity index is 957. The van der Waals surface area contributed by atoms with Crippen LogP contribution in [0.4, 0.5) is 0 Å². The number of aryl methyl sites for hydroxylation is 1. The van der Waals surface area contributed by atoms with Gasteiger partial charge in [-0.05, 0) is 44.0 Å². The largest absolute Gasteiger partial charge is 0.497 e. The lowest BCUT2D eigenvalue weighted by molar-refractivity contribution is 0.0704. The van der Waals surface area contributed by atoms with E-state index in [9.17, 15) is 4.79 Å². The average molecular weight is 377 g/mol. The zero-order chi connectivity index (χ0) is 19.5. The number of nitrogens with zero attached hydrogens (tertiary/aromatic N) is 3. The molecule has 2 aromatic carbocycles. The lowest BCUT2D eigenvalue weighted by Gasteiger charge is -2.30. The van der Waals surface area contributed by atoms with Gasteiger partial charge < -0.3 is 14.2 Å². The number of piperidine rings is 1. The van der Waals surface area contributed by atoms with E-state index in [1.54, 1.807) is 7.11 Å². The van der Waals surface area contributed by atoms with Crippen LogP contribution in [0.5, 0.6) is 5.75 Å². The molecule has 1 fully saturated rings. The van der Waals surface area contributed by atoms with E-state index in [0.717, 1.165) is 35.3 Å². The first kappa shape index (κ1) is 18.2. The molecule has 6 nitrogen and oxygen atoms in total. The van der Waals surface area contributed by atoms with Gasteiger partial charge in [0.2, 0.25) is 11.7 Å².